The zero-order valence-corrected chi connectivity index (χ0v) is 24.0. The molecule has 0 saturated carbocycles. The van der Waals surface area contributed by atoms with Crippen molar-refractivity contribution in [1.82, 2.24) is 49.1 Å². The number of nitrogen functional groups attached to an aromatic ring is 2. The molecule has 8 rings (SSSR count). The van der Waals surface area contributed by atoms with Gasteiger partial charge in [0, 0.05) is 30.7 Å². The van der Waals surface area contributed by atoms with Crippen LogP contribution in [-0.2, 0) is 0 Å². The summed E-state index contributed by atoms with van der Waals surface area (Å²) >= 11 is 0. The maximum absolute atomic E-state index is 14.3. The quantitative estimate of drug-likeness (QED) is 0.297. The molecule has 224 valence electrons. The fraction of sp³-hybridized carbons (Fsp3) is 0.267. The van der Waals surface area contributed by atoms with Gasteiger partial charge in [-0.3, -0.25) is 0 Å². The van der Waals surface area contributed by atoms with Crippen molar-refractivity contribution in [3.63, 3.8) is 0 Å². The van der Waals surface area contributed by atoms with E-state index in [4.69, 9.17) is 11.5 Å². The summed E-state index contributed by atoms with van der Waals surface area (Å²) in [4.78, 5) is 8.60. The van der Waals surface area contributed by atoms with E-state index in [1.54, 1.807) is 21.5 Å². The third kappa shape index (κ3) is 4.77. The van der Waals surface area contributed by atoms with Gasteiger partial charge in [-0.05, 0) is 25.0 Å². The third-order valence-electron chi connectivity index (χ3n) is 7.82. The maximum Gasteiger partial charge on any atom is 0.271 e. The van der Waals surface area contributed by atoms with Crippen molar-refractivity contribution in [2.45, 2.75) is 51.1 Å². The highest BCUT2D eigenvalue weighted by molar-refractivity contribution is 5.37. The number of hydrogen-bond donors (Lipinski definition) is 2. The molecular weight excluding hydrogens is 566 g/mol. The van der Waals surface area contributed by atoms with Gasteiger partial charge in [-0.15, -0.1) is 15.3 Å². The molecule has 0 radical (unpaired) electrons. The van der Waals surface area contributed by atoms with Crippen LogP contribution in [0, 0.1) is 13.8 Å². The standard InChI is InChI=1S/2C15H15FN6/c1-9-7-13(17)19-21(9)15-18-14-11(16)8-12(22(14)20-15)10-5-3-2-4-6-10;1-9-7-13(17)22(19-9)15-18-14-11(16)8-12(21(14)20-15)10-5-3-2-4-6-10/h2-7,11-12H,8H2,1H3,(H2,17,19);2-7,11-12H,8,17H2,1H3/t2*11-,12-/m00/s1. The van der Waals surface area contributed by atoms with Crippen molar-refractivity contribution in [3.05, 3.63) is 107 Å². The first-order chi connectivity index (χ1) is 21.3. The first kappa shape index (κ1) is 27.4. The summed E-state index contributed by atoms with van der Waals surface area (Å²) in [6, 6.07) is 22.7. The molecule has 6 aromatic rings. The summed E-state index contributed by atoms with van der Waals surface area (Å²) in [5.41, 5.74) is 15.2. The lowest BCUT2D eigenvalue weighted by molar-refractivity contribution is 0.328. The van der Waals surface area contributed by atoms with Gasteiger partial charge >= 0.3 is 0 Å². The molecule has 6 heterocycles. The van der Waals surface area contributed by atoms with E-state index in [0.29, 0.717) is 48.0 Å². The lowest BCUT2D eigenvalue weighted by Crippen LogP contribution is -2.09. The Morgan fingerprint density at radius 1 is 0.659 bits per heavy atom. The van der Waals surface area contributed by atoms with Crippen LogP contribution < -0.4 is 11.5 Å². The Morgan fingerprint density at radius 2 is 1.16 bits per heavy atom. The van der Waals surface area contributed by atoms with Crippen LogP contribution >= 0.6 is 0 Å². The molecule has 0 saturated heterocycles. The highest BCUT2D eigenvalue weighted by Gasteiger charge is 2.37. The molecule has 0 fully saturated rings. The molecular formula is C30H30F2N12. The predicted molar refractivity (Wildman–Crippen MR) is 159 cm³/mol. The number of aromatic nitrogens is 10. The van der Waals surface area contributed by atoms with Gasteiger partial charge in [0.2, 0.25) is 0 Å². The Bertz CT molecular complexity index is 1780. The van der Waals surface area contributed by atoms with Gasteiger partial charge in [0.25, 0.3) is 11.9 Å². The fourth-order valence-corrected chi connectivity index (χ4v) is 5.80. The Kier molecular flexibility index (Phi) is 6.67. The van der Waals surface area contributed by atoms with E-state index >= 15 is 0 Å². The Labute approximate surface area is 251 Å². The number of halogens is 2. The van der Waals surface area contributed by atoms with Crippen LogP contribution in [0.25, 0.3) is 11.9 Å². The zero-order valence-electron chi connectivity index (χ0n) is 24.0. The number of alkyl halides is 2. The molecule has 2 aliphatic rings. The summed E-state index contributed by atoms with van der Waals surface area (Å²) in [5, 5.41) is 17.3. The fourth-order valence-electron chi connectivity index (χ4n) is 5.80. The van der Waals surface area contributed by atoms with E-state index in [1.165, 1.54) is 9.36 Å². The van der Waals surface area contributed by atoms with Crippen molar-refractivity contribution >= 4 is 11.6 Å². The number of nitrogens with two attached hydrogens (primary N) is 2. The Balaban J connectivity index is 0.000000142. The zero-order chi connectivity index (χ0) is 30.5. The van der Waals surface area contributed by atoms with Crippen molar-refractivity contribution in [3.8, 4) is 11.9 Å². The van der Waals surface area contributed by atoms with Crippen molar-refractivity contribution in [1.29, 1.82) is 0 Å². The molecule has 0 amide bonds. The van der Waals surface area contributed by atoms with E-state index in [1.807, 2.05) is 74.5 Å². The highest BCUT2D eigenvalue weighted by atomic mass is 19.1. The molecule has 0 unspecified atom stereocenters. The van der Waals surface area contributed by atoms with Crippen LogP contribution in [0.3, 0.4) is 0 Å². The van der Waals surface area contributed by atoms with Crippen molar-refractivity contribution < 1.29 is 8.78 Å². The number of aryl methyl sites for hydroxylation is 2. The molecule has 4 N–H and O–H groups in total. The number of fused-ring (bicyclic) bond motifs is 2. The third-order valence-corrected chi connectivity index (χ3v) is 7.82. The molecule has 0 spiro atoms. The minimum absolute atomic E-state index is 0.138. The van der Waals surface area contributed by atoms with Crippen LogP contribution in [0.1, 0.15) is 71.4 Å². The van der Waals surface area contributed by atoms with Crippen LogP contribution in [0.2, 0.25) is 0 Å². The molecule has 12 nitrogen and oxygen atoms in total. The van der Waals surface area contributed by atoms with Crippen molar-refractivity contribution in [2.24, 2.45) is 0 Å². The summed E-state index contributed by atoms with van der Waals surface area (Å²) in [7, 11) is 0. The summed E-state index contributed by atoms with van der Waals surface area (Å²) in [6.45, 7) is 3.69. The smallest absolute Gasteiger partial charge is 0.271 e. The summed E-state index contributed by atoms with van der Waals surface area (Å²) < 4.78 is 34.9. The molecule has 2 aromatic carbocycles. The van der Waals surface area contributed by atoms with Gasteiger partial charge in [-0.2, -0.15) is 24.4 Å². The molecule has 44 heavy (non-hydrogen) atoms. The highest BCUT2D eigenvalue weighted by Crippen LogP contribution is 2.40. The van der Waals surface area contributed by atoms with Gasteiger partial charge in [-0.1, -0.05) is 60.7 Å². The van der Waals surface area contributed by atoms with E-state index in [9.17, 15) is 8.78 Å². The number of nitrogens with zero attached hydrogens (tertiary/aromatic N) is 10. The molecule has 2 aliphatic heterocycles. The second-order valence-electron chi connectivity index (χ2n) is 10.9. The van der Waals surface area contributed by atoms with Gasteiger partial charge < -0.3 is 11.5 Å². The van der Waals surface area contributed by atoms with Crippen LogP contribution in [0.4, 0.5) is 20.4 Å². The van der Waals surface area contributed by atoms with Crippen LogP contribution in [0.15, 0.2) is 72.8 Å². The number of benzene rings is 2. The SMILES string of the molecule is Cc1cc(N)n(-c2nc3n(n2)[C@H](c2ccccc2)C[C@@H]3F)n1.Cc1cc(N)nn1-c1nc2n(n1)[C@H](c1ccccc1)C[C@@H]2F. The molecule has 0 bridgehead atoms. The largest absolute Gasteiger partial charge is 0.383 e. The van der Waals surface area contributed by atoms with E-state index in [2.05, 4.69) is 30.4 Å². The number of hydrogen-bond acceptors (Lipinski definition) is 8. The predicted octanol–water partition coefficient (Wildman–Crippen LogP) is 4.72. The van der Waals surface area contributed by atoms with Gasteiger partial charge in [0.15, 0.2) is 24.0 Å². The minimum atomic E-state index is -1.13. The van der Waals surface area contributed by atoms with Gasteiger partial charge in [0.05, 0.1) is 17.8 Å². The van der Waals surface area contributed by atoms with E-state index in [-0.39, 0.29) is 12.1 Å². The second kappa shape index (κ2) is 10.7. The normalized spacial score (nSPS) is 20.3. The number of rotatable bonds is 4. The minimum Gasteiger partial charge on any atom is -0.383 e. The number of anilines is 2. The monoisotopic (exact) mass is 596 g/mol. The second-order valence-corrected chi connectivity index (χ2v) is 10.9. The average molecular weight is 597 g/mol. The first-order valence-electron chi connectivity index (χ1n) is 14.2. The topological polar surface area (TPSA) is 149 Å². The molecule has 4 atom stereocenters. The molecule has 4 aromatic heterocycles. The average Bonchev–Trinajstić information content (AvgIpc) is 3.85. The van der Waals surface area contributed by atoms with E-state index < -0.39 is 12.3 Å². The van der Waals surface area contributed by atoms with E-state index in [0.717, 1.165) is 22.5 Å². The summed E-state index contributed by atoms with van der Waals surface area (Å²) in [6.07, 6.45) is -1.54. The van der Waals surface area contributed by atoms with Gasteiger partial charge in [0.1, 0.15) is 11.6 Å². The van der Waals surface area contributed by atoms with Crippen LogP contribution in [-0.4, -0.2) is 49.1 Å². The lowest BCUT2D eigenvalue weighted by Gasteiger charge is -2.11. The van der Waals surface area contributed by atoms with Crippen molar-refractivity contribution in [2.75, 3.05) is 11.5 Å². The van der Waals surface area contributed by atoms with Crippen LogP contribution in [0.5, 0.6) is 0 Å². The maximum atomic E-state index is 14.3. The Hall–Kier alpha value is -5.40. The first-order valence-corrected chi connectivity index (χ1v) is 14.2. The Morgan fingerprint density at radius 3 is 1.59 bits per heavy atom. The molecule has 14 heteroatoms. The summed E-state index contributed by atoms with van der Waals surface area (Å²) in [5.74, 6) is 2.17. The molecule has 0 aliphatic carbocycles. The van der Waals surface area contributed by atoms with Gasteiger partial charge in [-0.25, -0.2) is 18.1 Å². The lowest BCUT2D eigenvalue weighted by atomic mass is 10.0.